The minimum atomic E-state index is -0.774. The molecule has 1 unspecified atom stereocenters. The topological polar surface area (TPSA) is 97.8 Å². The number of nitrogens with zero attached hydrogens (tertiary/aromatic N) is 2. The monoisotopic (exact) mass is 580 g/mol. The van der Waals surface area contributed by atoms with Gasteiger partial charge in [0.1, 0.15) is 11.5 Å². The Kier molecular flexibility index (Phi) is 11.3. The van der Waals surface area contributed by atoms with E-state index in [1.807, 2.05) is 32.0 Å². The fourth-order valence-electron chi connectivity index (χ4n) is 5.40. The van der Waals surface area contributed by atoms with Gasteiger partial charge in [-0.3, -0.25) is 14.5 Å². The van der Waals surface area contributed by atoms with Gasteiger partial charge in [-0.2, -0.15) is 0 Å². The van der Waals surface area contributed by atoms with Gasteiger partial charge in [0.25, 0.3) is 11.7 Å². The Morgan fingerprint density at radius 3 is 2.43 bits per heavy atom. The van der Waals surface area contributed by atoms with E-state index in [0.717, 1.165) is 44.5 Å². The number of ketones is 1. The number of carbonyl (C=O) groups excluding carboxylic acids is 2. The fraction of sp³-hybridized carbons (Fsp3) is 0.515. The molecule has 2 aromatic carbocycles. The van der Waals surface area contributed by atoms with Crippen molar-refractivity contribution in [3.05, 3.63) is 58.7 Å². The molecule has 0 bridgehead atoms. The third-order valence-electron chi connectivity index (χ3n) is 7.70. The first-order chi connectivity index (χ1) is 20.4. The van der Waals surface area contributed by atoms with Crippen LogP contribution in [0.4, 0.5) is 0 Å². The van der Waals surface area contributed by atoms with Gasteiger partial charge in [-0.15, -0.1) is 0 Å². The molecule has 1 amide bonds. The molecule has 0 aliphatic carbocycles. The number of carbonyl (C=O) groups is 2. The summed E-state index contributed by atoms with van der Waals surface area (Å²) in [6.07, 6.45) is 3.48. The van der Waals surface area contributed by atoms with Gasteiger partial charge in [-0.1, -0.05) is 26.3 Å². The SMILES string of the molecule is CCCCOc1ccc(C2C(=C(O)c3ccc(OCCC)cc3C)C(=O)C(=O)N2CCCN2CCOCC2)cc1OC. The van der Waals surface area contributed by atoms with Crippen molar-refractivity contribution in [1.82, 2.24) is 9.80 Å². The van der Waals surface area contributed by atoms with E-state index in [-0.39, 0.29) is 11.3 Å². The number of unbranched alkanes of at least 4 members (excludes halogenated alkanes) is 1. The third kappa shape index (κ3) is 7.25. The van der Waals surface area contributed by atoms with Gasteiger partial charge < -0.3 is 29.0 Å². The highest BCUT2D eigenvalue weighted by Crippen LogP contribution is 2.42. The summed E-state index contributed by atoms with van der Waals surface area (Å²) in [6, 6.07) is 10.0. The molecule has 4 rings (SSSR count). The number of likely N-dealkylation sites (tertiary alicyclic amines) is 1. The molecule has 1 atom stereocenters. The van der Waals surface area contributed by atoms with Crippen molar-refractivity contribution in [2.45, 2.75) is 52.5 Å². The summed E-state index contributed by atoms with van der Waals surface area (Å²) in [5.41, 5.74) is 1.97. The summed E-state index contributed by atoms with van der Waals surface area (Å²) in [7, 11) is 1.57. The zero-order valence-electron chi connectivity index (χ0n) is 25.3. The van der Waals surface area contributed by atoms with E-state index >= 15 is 0 Å². The van der Waals surface area contributed by atoms with Crippen LogP contribution >= 0.6 is 0 Å². The predicted octanol–water partition coefficient (Wildman–Crippen LogP) is 5.12. The molecule has 228 valence electrons. The average Bonchev–Trinajstić information content (AvgIpc) is 3.25. The highest BCUT2D eigenvalue weighted by molar-refractivity contribution is 6.46. The van der Waals surface area contributed by atoms with Crippen LogP contribution in [0.15, 0.2) is 42.0 Å². The Bertz CT molecular complexity index is 1270. The zero-order chi connectivity index (χ0) is 30.1. The molecule has 0 radical (unpaired) electrons. The molecule has 0 spiro atoms. The van der Waals surface area contributed by atoms with Crippen LogP contribution in [0.1, 0.15) is 62.3 Å². The molecule has 1 N–H and O–H groups in total. The van der Waals surface area contributed by atoms with Crippen LogP contribution in [0.2, 0.25) is 0 Å². The Hall–Kier alpha value is -3.56. The molecular formula is C33H44N2O7. The second-order valence-electron chi connectivity index (χ2n) is 10.7. The summed E-state index contributed by atoms with van der Waals surface area (Å²) >= 11 is 0. The van der Waals surface area contributed by atoms with Crippen LogP contribution in [0.25, 0.3) is 5.76 Å². The van der Waals surface area contributed by atoms with Gasteiger partial charge >= 0.3 is 0 Å². The van der Waals surface area contributed by atoms with E-state index in [2.05, 4.69) is 11.8 Å². The number of hydrogen-bond donors (Lipinski definition) is 1. The van der Waals surface area contributed by atoms with Crippen LogP contribution in [0, 0.1) is 6.92 Å². The number of aryl methyl sites for hydroxylation is 1. The molecule has 9 heteroatoms. The lowest BCUT2D eigenvalue weighted by atomic mass is 9.93. The Morgan fingerprint density at radius 2 is 1.74 bits per heavy atom. The van der Waals surface area contributed by atoms with E-state index < -0.39 is 17.7 Å². The maximum absolute atomic E-state index is 13.6. The summed E-state index contributed by atoms with van der Waals surface area (Å²) in [6.45, 7) is 11.3. The van der Waals surface area contributed by atoms with Crippen LogP contribution in [-0.2, 0) is 14.3 Å². The van der Waals surface area contributed by atoms with Gasteiger partial charge in [-0.25, -0.2) is 0 Å². The van der Waals surface area contributed by atoms with Crippen molar-refractivity contribution >= 4 is 17.4 Å². The number of hydrogen-bond acceptors (Lipinski definition) is 8. The second kappa shape index (κ2) is 15.1. The van der Waals surface area contributed by atoms with E-state index in [1.165, 1.54) is 0 Å². The Balaban J connectivity index is 1.71. The first-order valence-electron chi connectivity index (χ1n) is 15.0. The van der Waals surface area contributed by atoms with E-state index in [0.29, 0.717) is 67.8 Å². The third-order valence-corrected chi connectivity index (χ3v) is 7.70. The minimum absolute atomic E-state index is 0.0680. The van der Waals surface area contributed by atoms with Crippen LogP contribution < -0.4 is 14.2 Å². The number of rotatable bonds is 14. The quantitative estimate of drug-likeness (QED) is 0.142. The molecule has 42 heavy (non-hydrogen) atoms. The summed E-state index contributed by atoms with van der Waals surface area (Å²) in [4.78, 5) is 30.9. The highest BCUT2D eigenvalue weighted by Gasteiger charge is 2.46. The number of aliphatic hydroxyl groups is 1. The van der Waals surface area contributed by atoms with Crippen LogP contribution in [-0.4, -0.2) is 86.3 Å². The highest BCUT2D eigenvalue weighted by atomic mass is 16.5. The number of benzene rings is 2. The lowest BCUT2D eigenvalue weighted by Crippen LogP contribution is -2.39. The van der Waals surface area contributed by atoms with E-state index in [1.54, 1.807) is 30.2 Å². The zero-order valence-corrected chi connectivity index (χ0v) is 25.3. The maximum atomic E-state index is 13.6. The lowest BCUT2D eigenvalue weighted by Gasteiger charge is -2.29. The summed E-state index contributed by atoms with van der Waals surface area (Å²) < 4.78 is 22.8. The van der Waals surface area contributed by atoms with Crippen LogP contribution in [0.3, 0.4) is 0 Å². The number of methoxy groups -OCH3 is 1. The van der Waals surface area contributed by atoms with Crippen molar-refractivity contribution in [2.75, 3.05) is 59.7 Å². The van der Waals surface area contributed by atoms with Gasteiger partial charge in [0, 0.05) is 31.7 Å². The molecule has 2 aliphatic rings. The molecule has 9 nitrogen and oxygen atoms in total. The van der Waals surface area contributed by atoms with Crippen molar-refractivity contribution in [1.29, 1.82) is 0 Å². The van der Waals surface area contributed by atoms with Crippen molar-refractivity contribution in [3.63, 3.8) is 0 Å². The second-order valence-corrected chi connectivity index (χ2v) is 10.7. The van der Waals surface area contributed by atoms with Crippen molar-refractivity contribution < 1.29 is 33.6 Å². The molecule has 2 aromatic rings. The number of amides is 1. The van der Waals surface area contributed by atoms with E-state index in [4.69, 9.17) is 18.9 Å². The number of Topliss-reactive ketones (excluding diaryl/α,β-unsaturated/α-hetero) is 1. The molecule has 2 saturated heterocycles. The first-order valence-corrected chi connectivity index (χ1v) is 15.0. The Labute approximate surface area is 249 Å². The Morgan fingerprint density at radius 1 is 0.952 bits per heavy atom. The summed E-state index contributed by atoms with van der Waals surface area (Å²) in [5.74, 6) is 0.280. The van der Waals surface area contributed by atoms with E-state index in [9.17, 15) is 14.7 Å². The van der Waals surface area contributed by atoms with Crippen molar-refractivity contribution in [3.8, 4) is 17.2 Å². The van der Waals surface area contributed by atoms with Gasteiger partial charge in [0.15, 0.2) is 11.5 Å². The molecule has 0 saturated carbocycles. The standard InChI is InChI=1S/C33H44N2O7/c1-5-7-18-42-27-12-9-24(22-28(27)39-4)30-29(31(36)26-11-10-25(21-23(26)3)41-17-6-2)32(37)33(38)35(30)14-8-13-34-15-19-40-20-16-34/h9-12,21-22,30,36H,5-8,13-20H2,1-4H3. The lowest BCUT2D eigenvalue weighted by molar-refractivity contribution is -0.140. The minimum Gasteiger partial charge on any atom is -0.507 e. The molecular weight excluding hydrogens is 536 g/mol. The first kappa shape index (κ1) is 31.4. The number of ether oxygens (including phenoxy) is 4. The fourth-order valence-corrected chi connectivity index (χ4v) is 5.40. The normalized spacial score (nSPS) is 18.9. The summed E-state index contributed by atoms with van der Waals surface area (Å²) in [5, 5.41) is 11.6. The number of morpholine rings is 1. The maximum Gasteiger partial charge on any atom is 0.295 e. The van der Waals surface area contributed by atoms with Gasteiger partial charge in [0.05, 0.1) is 45.2 Å². The predicted molar refractivity (Wildman–Crippen MR) is 161 cm³/mol. The molecule has 2 heterocycles. The molecule has 2 aliphatic heterocycles. The number of aliphatic hydroxyl groups excluding tert-OH is 1. The largest absolute Gasteiger partial charge is 0.507 e. The smallest absolute Gasteiger partial charge is 0.295 e. The van der Waals surface area contributed by atoms with Crippen molar-refractivity contribution in [2.24, 2.45) is 0 Å². The average molecular weight is 581 g/mol. The van der Waals surface area contributed by atoms with Gasteiger partial charge in [0.2, 0.25) is 0 Å². The molecule has 0 aromatic heterocycles. The van der Waals surface area contributed by atoms with Gasteiger partial charge in [-0.05, 0) is 67.6 Å². The molecule has 2 fully saturated rings. The van der Waals surface area contributed by atoms with Crippen LogP contribution in [0.5, 0.6) is 17.2 Å².